The van der Waals surface area contributed by atoms with Crippen molar-refractivity contribution in [3.63, 3.8) is 0 Å². The van der Waals surface area contributed by atoms with Crippen LogP contribution in [-0.4, -0.2) is 29.0 Å². The van der Waals surface area contributed by atoms with E-state index in [1.807, 2.05) is 13.0 Å². The second kappa shape index (κ2) is 6.39. The van der Waals surface area contributed by atoms with Crippen LogP contribution >= 0.6 is 0 Å². The average molecular weight is 330 g/mol. The zero-order valence-electron chi connectivity index (χ0n) is 13.1. The number of halogens is 3. The molecule has 0 bridgehead atoms. The van der Waals surface area contributed by atoms with Crippen molar-refractivity contribution in [2.75, 3.05) is 5.32 Å². The maximum atomic E-state index is 13.4. The third-order valence-electron chi connectivity index (χ3n) is 4.35. The van der Waals surface area contributed by atoms with E-state index in [0.29, 0.717) is 5.69 Å². The van der Waals surface area contributed by atoms with Gasteiger partial charge in [0.15, 0.2) is 0 Å². The second-order valence-electron chi connectivity index (χ2n) is 6.21. The molecular weight excluding hydrogens is 309 g/mol. The van der Waals surface area contributed by atoms with Crippen LogP contribution in [0.1, 0.15) is 36.8 Å². The van der Waals surface area contributed by atoms with Crippen molar-refractivity contribution in [3.05, 3.63) is 29.3 Å². The van der Waals surface area contributed by atoms with Crippen LogP contribution in [0.2, 0.25) is 0 Å². The molecule has 23 heavy (non-hydrogen) atoms. The lowest BCUT2D eigenvalue weighted by atomic mass is 9.80. The van der Waals surface area contributed by atoms with E-state index in [-0.39, 0.29) is 25.7 Å². The molecule has 1 aliphatic carbocycles. The van der Waals surface area contributed by atoms with Crippen LogP contribution in [0.5, 0.6) is 0 Å². The van der Waals surface area contributed by atoms with Crippen molar-refractivity contribution in [3.8, 4) is 0 Å². The zero-order valence-corrected chi connectivity index (χ0v) is 13.1. The summed E-state index contributed by atoms with van der Waals surface area (Å²) in [6.07, 6.45) is -5.91. The zero-order chi connectivity index (χ0) is 17.3. The lowest BCUT2D eigenvalue weighted by Gasteiger charge is -2.40. The van der Waals surface area contributed by atoms with Gasteiger partial charge in [0.25, 0.3) is 0 Å². The molecule has 2 rings (SSSR count). The molecular formula is C16H21F3N2O2. The van der Waals surface area contributed by atoms with Crippen LogP contribution in [0, 0.1) is 13.8 Å². The van der Waals surface area contributed by atoms with Gasteiger partial charge >= 0.3 is 12.2 Å². The predicted octanol–water partition coefficient (Wildman–Crippen LogP) is 3.66. The molecule has 3 N–H and O–H groups in total. The molecule has 4 nitrogen and oxygen atoms in total. The van der Waals surface area contributed by atoms with E-state index in [1.54, 1.807) is 19.1 Å². The number of aliphatic hydroxyl groups excluding tert-OH is 1. The van der Waals surface area contributed by atoms with Crippen LogP contribution < -0.4 is 10.6 Å². The van der Waals surface area contributed by atoms with Gasteiger partial charge in [0.05, 0.1) is 6.10 Å². The summed E-state index contributed by atoms with van der Waals surface area (Å²) in [7, 11) is 0. The molecule has 0 aliphatic heterocycles. The van der Waals surface area contributed by atoms with Gasteiger partial charge in [-0.25, -0.2) is 4.79 Å². The van der Waals surface area contributed by atoms with Crippen LogP contribution in [0.3, 0.4) is 0 Å². The van der Waals surface area contributed by atoms with Gasteiger partial charge < -0.3 is 15.7 Å². The third kappa shape index (κ3) is 3.96. The normalized spacial score (nSPS) is 25.0. The summed E-state index contributed by atoms with van der Waals surface area (Å²) in [5, 5.41) is 14.0. The Morgan fingerprint density at radius 1 is 1.26 bits per heavy atom. The maximum Gasteiger partial charge on any atom is 0.411 e. The van der Waals surface area contributed by atoms with Crippen molar-refractivity contribution in [1.29, 1.82) is 0 Å². The molecule has 1 aliphatic rings. The molecule has 0 heterocycles. The van der Waals surface area contributed by atoms with Gasteiger partial charge in [-0.15, -0.1) is 0 Å². The number of benzene rings is 1. The maximum absolute atomic E-state index is 13.4. The Morgan fingerprint density at radius 3 is 2.43 bits per heavy atom. The van der Waals surface area contributed by atoms with E-state index < -0.39 is 23.9 Å². The first-order valence-electron chi connectivity index (χ1n) is 7.54. The van der Waals surface area contributed by atoms with Gasteiger partial charge in [-0.2, -0.15) is 13.2 Å². The number of aliphatic hydroxyl groups is 1. The highest BCUT2D eigenvalue weighted by atomic mass is 19.4. The molecule has 0 atom stereocenters. The SMILES string of the molecule is Cc1ccc(C)c(NC(=O)NC2(C(F)(F)F)CCC(O)CC2)c1. The fourth-order valence-corrected chi connectivity index (χ4v) is 2.82. The number of rotatable bonds is 2. The van der Waals surface area contributed by atoms with E-state index in [4.69, 9.17) is 0 Å². The topological polar surface area (TPSA) is 61.4 Å². The number of aryl methyl sites for hydroxylation is 2. The Balaban J connectivity index is 2.14. The van der Waals surface area contributed by atoms with E-state index in [9.17, 15) is 23.1 Å². The summed E-state index contributed by atoms with van der Waals surface area (Å²) in [5.41, 5.74) is -0.132. The third-order valence-corrected chi connectivity index (χ3v) is 4.35. The number of anilines is 1. The molecule has 1 fully saturated rings. The van der Waals surface area contributed by atoms with Crippen molar-refractivity contribution in [2.24, 2.45) is 0 Å². The Bertz CT molecular complexity index is 579. The molecule has 0 radical (unpaired) electrons. The minimum Gasteiger partial charge on any atom is -0.393 e. The number of nitrogens with one attached hydrogen (secondary N) is 2. The molecule has 1 aromatic carbocycles. The molecule has 0 saturated heterocycles. The highest BCUT2D eigenvalue weighted by Crippen LogP contribution is 2.41. The minimum atomic E-state index is -4.56. The number of urea groups is 1. The molecule has 128 valence electrons. The molecule has 0 spiro atoms. The fourth-order valence-electron chi connectivity index (χ4n) is 2.82. The number of hydrogen-bond acceptors (Lipinski definition) is 2. The highest BCUT2D eigenvalue weighted by Gasteiger charge is 2.56. The lowest BCUT2D eigenvalue weighted by molar-refractivity contribution is -0.205. The molecule has 2 amide bonds. The van der Waals surface area contributed by atoms with Crippen LogP contribution in [0.4, 0.5) is 23.7 Å². The smallest absolute Gasteiger partial charge is 0.393 e. The van der Waals surface area contributed by atoms with Crippen molar-refractivity contribution < 1.29 is 23.1 Å². The van der Waals surface area contributed by atoms with Crippen LogP contribution in [0.15, 0.2) is 18.2 Å². The van der Waals surface area contributed by atoms with Crippen LogP contribution in [-0.2, 0) is 0 Å². The summed E-state index contributed by atoms with van der Waals surface area (Å²) in [4.78, 5) is 12.1. The van der Waals surface area contributed by atoms with Crippen molar-refractivity contribution in [1.82, 2.24) is 5.32 Å². The number of alkyl halides is 3. The van der Waals surface area contributed by atoms with Gasteiger partial charge in [-0.05, 0) is 56.7 Å². The standard InChI is InChI=1S/C16H21F3N2O2/c1-10-3-4-11(2)13(9-10)20-14(23)21-15(16(17,18)19)7-5-12(22)6-8-15/h3-4,9,12,22H,5-8H2,1-2H3,(H2,20,21,23). The average Bonchev–Trinajstić information content (AvgIpc) is 2.44. The summed E-state index contributed by atoms with van der Waals surface area (Å²) in [6.45, 7) is 3.60. The Kier molecular flexibility index (Phi) is 4.89. The number of carbonyl (C=O) groups excluding carboxylic acids is 1. The first kappa shape index (κ1) is 17.6. The van der Waals surface area contributed by atoms with Crippen molar-refractivity contribution >= 4 is 11.7 Å². The second-order valence-corrected chi connectivity index (χ2v) is 6.21. The summed E-state index contributed by atoms with van der Waals surface area (Å²) in [6, 6.07) is 4.48. The number of hydrogen-bond donors (Lipinski definition) is 3. The molecule has 1 saturated carbocycles. The fraction of sp³-hybridized carbons (Fsp3) is 0.562. The minimum absolute atomic E-state index is 0.0171. The van der Waals surface area contributed by atoms with E-state index >= 15 is 0 Å². The first-order chi connectivity index (χ1) is 10.6. The summed E-state index contributed by atoms with van der Waals surface area (Å²) in [5.74, 6) is 0. The van der Waals surface area contributed by atoms with Gasteiger partial charge in [0.2, 0.25) is 0 Å². The highest BCUT2D eigenvalue weighted by molar-refractivity contribution is 5.90. The Labute approximate surface area is 133 Å². The van der Waals surface area contributed by atoms with Crippen LogP contribution in [0.25, 0.3) is 0 Å². The first-order valence-corrected chi connectivity index (χ1v) is 7.54. The van der Waals surface area contributed by atoms with Gasteiger partial charge in [0.1, 0.15) is 5.54 Å². The quantitative estimate of drug-likeness (QED) is 0.775. The van der Waals surface area contributed by atoms with Gasteiger partial charge in [0, 0.05) is 5.69 Å². The summed E-state index contributed by atoms with van der Waals surface area (Å²) < 4.78 is 40.3. The summed E-state index contributed by atoms with van der Waals surface area (Å²) >= 11 is 0. The van der Waals surface area contributed by atoms with E-state index in [1.165, 1.54) is 0 Å². The Hall–Kier alpha value is -1.76. The number of amides is 2. The van der Waals surface area contributed by atoms with Crippen molar-refractivity contribution in [2.45, 2.75) is 57.3 Å². The monoisotopic (exact) mass is 330 g/mol. The van der Waals surface area contributed by atoms with Gasteiger partial charge in [-0.1, -0.05) is 12.1 Å². The Morgan fingerprint density at radius 2 is 1.87 bits per heavy atom. The van der Waals surface area contributed by atoms with Gasteiger partial charge in [-0.3, -0.25) is 0 Å². The molecule has 7 heteroatoms. The molecule has 0 aromatic heterocycles. The van der Waals surface area contributed by atoms with E-state index in [2.05, 4.69) is 10.6 Å². The lowest BCUT2D eigenvalue weighted by Crippen LogP contribution is -2.61. The largest absolute Gasteiger partial charge is 0.411 e. The molecule has 0 unspecified atom stereocenters. The van der Waals surface area contributed by atoms with E-state index in [0.717, 1.165) is 11.1 Å². The predicted molar refractivity (Wildman–Crippen MR) is 81.3 cm³/mol. The number of carbonyl (C=O) groups is 1. The molecule has 1 aromatic rings.